The Balaban J connectivity index is 2.39. The highest BCUT2D eigenvalue weighted by Gasteiger charge is 2.28. The summed E-state index contributed by atoms with van der Waals surface area (Å²) in [5, 5.41) is 3.60. The SMILES string of the molecule is C=CCCN1CCNC(C(C)(C)C)C1. The zero-order chi connectivity index (χ0) is 10.6. The van der Waals surface area contributed by atoms with Crippen molar-refractivity contribution in [1.82, 2.24) is 10.2 Å². The van der Waals surface area contributed by atoms with E-state index >= 15 is 0 Å². The van der Waals surface area contributed by atoms with Crippen LogP contribution < -0.4 is 5.32 Å². The van der Waals surface area contributed by atoms with Gasteiger partial charge in [0.2, 0.25) is 0 Å². The number of nitrogens with zero attached hydrogens (tertiary/aromatic N) is 1. The van der Waals surface area contributed by atoms with Crippen LogP contribution in [0.1, 0.15) is 27.2 Å². The van der Waals surface area contributed by atoms with Gasteiger partial charge < -0.3 is 10.2 Å². The number of nitrogens with one attached hydrogen (secondary N) is 1. The highest BCUT2D eigenvalue weighted by molar-refractivity contribution is 4.87. The minimum absolute atomic E-state index is 0.368. The second-order valence-corrected chi connectivity index (χ2v) is 5.25. The molecule has 0 aromatic carbocycles. The lowest BCUT2D eigenvalue weighted by Gasteiger charge is -2.40. The maximum absolute atomic E-state index is 3.77. The highest BCUT2D eigenvalue weighted by Crippen LogP contribution is 2.21. The highest BCUT2D eigenvalue weighted by atomic mass is 15.2. The summed E-state index contributed by atoms with van der Waals surface area (Å²) in [6.45, 7) is 15.3. The van der Waals surface area contributed by atoms with Gasteiger partial charge in [0, 0.05) is 32.2 Å². The third-order valence-corrected chi connectivity index (χ3v) is 2.95. The van der Waals surface area contributed by atoms with E-state index in [1.165, 1.54) is 13.1 Å². The van der Waals surface area contributed by atoms with Crippen LogP contribution in [-0.4, -0.2) is 37.1 Å². The molecule has 0 saturated carbocycles. The lowest BCUT2D eigenvalue weighted by molar-refractivity contribution is 0.136. The van der Waals surface area contributed by atoms with E-state index in [9.17, 15) is 0 Å². The quantitative estimate of drug-likeness (QED) is 0.693. The van der Waals surface area contributed by atoms with Crippen molar-refractivity contribution in [2.75, 3.05) is 26.2 Å². The monoisotopic (exact) mass is 196 g/mol. The van der Waals surface area contributed by atoms with E-state index in [1.807, 2.05) is 6.08 Å². The van der Waals surface area contributed by atoms with Gasteiger partial charge in [-0.05, 0) is 11.8 Å². The smallest absolute Gasteiger partial charge is 0.0244 e. The fraction of sp³-hybridized carbons (Fsp3) is 0.833. The fourth-order valence-electron chi connectivity index (χ4n) is 1.87. The molecule has 1 unspecified atom stereocenters. The molecule has 1 aliphatic rings. The Morgan fingerprint density at radius 2 is 2.21 bits per heavy atom. The van der Waals surface area contributed by atoms with Gasteiger partial charge in [-0.3, -0.25) is 0 Å². The minimum atomic E-state index is 0.368. The van der Waals surface area contributed by atoms with Gasteiger partial charge in [0.15, 0.2) is 0 Å². The second-order valence-electron chi connectivity index (χ2n) is 5.25. The lowest BCUT2D eigenvalue weighted by atomic mass is 9.85. The average molecular weight is 196 g/mol. The van der Waals surface area contributed by atoms with E-state index < -0.39 is 0 Å². The summed E-state index contributed by atoms with van der Waals surface area (Å²) in [5.41, 5.74) is 0.368. The number of hydrogen-bond acceptors (Lipinski definition) is 2. The predicted octanol–water partition coefficient (Wildman–Crippen LogP) is 1.88. The molecule has 0 aliphatic carbocycles. The van der Waals surface area contributed by atoms with E-state index in [-0.39, 0.29) is 0 Å². The summed E-state index contributed by atoms with van der Waals surface area (Å²) < 4.78 is 0. The first-order chi connectivity index (χ1) is 6.54. The van der Waals surface area contributed by atoms with Crippen LogP contribution in [0.25, 0.3) is 0 Å². The third kappa shape index (κ3) is 3.43. The summed E-state index contributed by atoms with van der Waals surface area (Å²) in [6.07, 6.45) is 3.12. The first-order valence-corrected chi connectivity index (χ1v) is 5.60. The summed E-state index contributed by atoms with van der Waals surface area (Å²) in [6, 6.07) is 0.626. The largest absolute Gasteiger partial charge is 0.311 e. The first kappa shape index (κ1) is 11.7. The molecule has 82 valence electrons. The van der Waals surface area contributed by atoms with Gasteiger partial charge in [0.05, 0.1) is 0 Å². The van der Waals surface area contributed by atoms with Crippen LogP contribution in [0.4, 0.5) is 0 Å². The van der Waals surface area contributed by atoms with Crippen LogP contribution >= 0.6 is 0 Å². The van der Waals surface area contributed by atoms with Gasteiger partial charge in [0.1, 0.15) is 0 Å². The van der Waals surface area contributed by atoms with Crippen molar-refractivity contribution < 1.29 is 0 Å². The Morgan fingerprint density at radius 3 is 2.79 bits per heavy atom. The molecule has 1 N–H and O–H groups in total. The molecule has 1 heterocycles. The van der Waals surface area contributed by atoms with Crippen molar-refractivity contribution in [1.29, 1.82) is 0 Å². The van der Waals surface area contributed by atoms with Crippen molar-refractivity contribution in [2.45, 2.75) is 33.2 Å². The van der Waals surface area contributed by atoms with Crippen LogP contribution in [0.5, 0.6) is 0 Å². The van der Waals surface area contributed by atoms with Gasteiger partial charge in [-0.2, -0.15) is 0 Å². The van der Waals surface area contributed by atoms with E-state index in [0.29, 0.717) is 11.5 Å². The molecule has 14 heavy (non-hydrogen) atoms. The van der Waals surface area contributed by atoms with Gasteiger partial charge in [-0.25, -0.2) is 0 Å². The van der Waals surface area contributed by atoms with Crippen LogP contribution in [0.15, 0.2) is 12.7 Å². The standard InChI is InChI=1S/C12H24N2/c1-5-6-8-14-9-7-13-11(10-14)12(2,3)4/h5,11,13H,1,6-10H2,2-4H3. The molecule has 1 aliphatic heterocycles. The summed E-state index contributed by atoms with van der Waals surface area (Å²) in [4.78, 5) is 2.54. The Hall–Kier alpha value is -0.340. The molecule has 1 fully saturated rings. The van der Waals surface area contributed by atoms with E-state index in [1.54, 1.807) is 0 Å². The molecule has 2 nitrogen and oxygen atoms in total. The van der Waals surface area contributed by atoms with Crippen LogP contribution in [0.3, 0.4) is 0 Å². The van der Waals surface area contributed by atoms with Gasteiger partial charge in [-0.15, -0.1) is 6.58 Å². The van der Waals surface area contributed by atoms with Crippen molar-refractivity contribution in [2.24, 2.45) is 5.41 Å². The molecule has 1 saturated heterocycles. The fourth-order valence-corrected chi connectivity index (χ4v) is 1.87. The Bertz CT molecular complexity index is 181. The second kappa shape index (κ2) is 4.94. The topological polar surface area (TPSA) is 15.3 Å². The summed E-state index contributed by atoms with van der Waals surface area (Å²) in [7, 11) is 0. The maximum Gasteiger partial charge on any atom is 0.0244 e. The lowest BCUT2D eigenvalue weighted by Crippen LogP contribution is -2.55. The van der Waals surface area contributed by atoms with Crippen LogP contribution in [-0.2, 0) is 0 Å². The van der Waals surface area contributed by atoms with Crippen molar-refractivity contribution in [3.8, 4) is 0 Å². The Morgan fingerprint density at radius 1 is 1.50 bits per heavy atom. The van der Waals surface area contributed by atoms with Gasteiger partial charge in [0.25, 0.3) is 0 Å². The molecular weight excluding hydrogens is 172 g/mol. The molecular formula is C12H24N2. The molecule has 2 heteroatoms. The van der Waals surface area contributed by atoms with Crippen molar-refractivity contribution >= 4 is 0 Å². The zero-order valence-electron chi connectivity index (χ0n) is 9.84. The molecule has 0 amide bonds. The van der Waals surface area contributed by atoms with E-state index in [2.05, 4.69) is 37.6 Å². The third-order valence-electron chi connectivity index (χ3n) is 2.95. The van der Waals surface area contributed by atoms with Crippen molar-refractivity contribution in [3.63, 3.8) is 0 Å². The minimum Gasteiger partial charge on any atom is -0.311 e. The van der Waals surface area contributed by atoms with Crippen LogP contribution in [0, 0.1) is 5.41 Å². The summed E-state index contributed by atoms with van der Waals surface area (Å²) in [5.74, 6) is 0. The molecule has 1 atom stereocenters. The molecule has 0 aromatic heterocycles. The number of hydrogen-bond donors (Lipinski definition) is 1. The van der Waals surface area contributed by atoms with Gasteiger partial charge >= 0.3 is 0 Å². The normalized spacial score (nSPS) is 24.9. The molecule has 0 radical (unpaired) electrons. The Kier molecular flexibility index (Phi) is 4.14. The van der Waals surface area contributed by atoms with Crippen molar-refractivity contribution in [3.05, 3.63) is 12.7 Å². The Labute approximate surface area is 88.4 Å². The maximum atomic E-state index is 3.77. The number of rotatable bonds is 3. The molecule has 1 rings (SSSR count). The average Bonchev–Trinajstić information content (AvgIpc) is 2.14. The predicted molar refractivity (Wildman–Crippen MR) is 62.5 cm³/mol. The molecule has 0 aromatic rings. The van der Waals surface area contributed by atoms with E-state index in [4.69, 9.17) is 0 Å². The van der Waals surface area contributed by atoms with Gasteiger partial charge in [-0.1, -0.05) is 26.8 Å². The number of piperazine rings is 1. The molecule has 0 spiro atoms. The first-order valence-electron chi connectivity index (χ1n) is 5.60. The zero-order valence-corrected chi connectivity index (χ0v) is 9.84. The van der Waals surface area contributed by atoms with E-state index in [0.717, 1.165) is 19.5 Å². The molecule has 0 bridgehead atoms. The van der Waals surface area contributed by atoms with Crippen LogP contribution in [0.2, 0.25) is 0 Å². The summed E-state index contributed by atoms with van der Waals surface area (Å²) >= 11 is 0.